The predicted molar refractivity (Wildman–Crippen MR) is 110 cm³/mol. The number of allylic oxidation sites excluding steroid dienone is 1. The number of hydrogen-bond donors (Lipinski definition) is 0. The molecule has 0 spiro atoms. The first kappa shape index (κ1) is 18.6. The van der Waals surface area contributed by atoms with Crippen LogP contribution in [0.25, 0.3) is 17.3 Å². The summed E-state index contributed by atoms with van der Waals surface area (Å²) in [6.07, 6.45) is 1.87. The first-order chi connectivity index (χ1) is 12.9. The van der Waals surface area contributed by atoms with Gasteiger partial charge in [-0.25, -0.2) is 0 Å². The van der Waals surface area contributed by atoms with E-state index in [0.717, 1.165) is 32.7 Å². The molecule has 3 aromatic rings. The molecule has 3 rings (SSSR count). The Kier molecular flexibility index (Phi) is 5.24. The Hall–Kier alpha value is -3.17. The van der Waals surface area contributed by atoms with E-state index in [4.69, 9.17) is 0 Å². The summed E-state index contributed by atoms with van der Waals surface area (Å²) in [6, 6.07) is 18.3. The van der Waals surface area contributed by atoms with Crippen molar-refractivity contribution >= 4 is 33.3 Å². The largest absolute Gasteiger partial charge is 0.318 e. The van der Waals surface area contributed by atoms with Crippen molar-refractivity contribution in [1.82, 2.24) is 4.57 Å². The molecule has 1 heterocycles. The van der Waals surface area contributed by atoms with Crippen LogP contribution < -0.4 is 0 Å². The highest BCUT2D eigenvalue weighted by molar-refractivity contribution is 9.10. The molecule has 0 aliphatic rings. The summed E-state index contributed by atoms with van der Waals surface area (Å²) in [5, 5.41) is 20.4. The van der Waals surface area contributed by atoms with Gasteiger partial charge in [-0.1, -0.05) is 28.1 Å². The van der Waals surface area contributed by atoms with Gasteiger partial charge in [0.2, 0.25) is 0 Å². The van der Waals surface area contributed by atoms with Gasteiger partial charge in [-0.05, 0) is 61.4 Å². The monoisotopic (exact) mass is 421 g/mol. The number of nitriles is 1. The van der Waals surface area contributed by atoms with E-state index in [9.17, 15) is 15.4 Å². The van der Waals surface area contributed by atoms with Crippen LogP contribution in [0.1, 0.15) is 22.5 Å². The number of aryl methyl sites for hydroxylation is 1. The molecule has 6 heteroatoms. The smallest absolute Gasteiger partial charge is 0.269 e. The molecule has 0 aliphatic heterocycles. The number of halogens is 1. The SMILES string of the molecule is Cc1cc(/C=C(\C#N)c2ccc(Br)cc2)c(C)n1-c1ccc([N+](=O)[O-])cc1. The van der Waals surface area contributed by atoms with Crippen molar-refractivity contribution in [3.63, 3.8) is 0 Å². The van der Waals surface area contributed by atoms with Crippen LogP contribution in [0.3, 0.4) is 0 Å². The van der Waals surface area contributed by atoms with E-state index >= 15 is 0 Å². The number of nitrogens with zero attached hydrogens (tertiary/aromatic N) is 3. The zero-order valence-corrected chi connectivity index (χ0v) is 16.4. The molecule has 0 saturated heterocycles. The van der Waals surface area contributed by atoms with Crippen LogP contribution in [0.2, 0.25) is 0 Å². The maximum absolute atomic E-state index is 10.9. The summed E-state index contributed by atoms with van der Waals surface area (Å²) in [6.45, 7) is 3.94. The van der Waals surface area contributed by atoms with E-state index in [-0.39, 0.29) is 5.69 Å². The van der Waals surface area contributed by atoms with Gasteiger partial charge in [0, 0.05) is 33.7 Å². The fraction of sp³-hybridized carbons (Fsp3) is 0.0952. The van der Waals surface area contributed by atoms with Crippen LogP contribution in [0.5, 0.6) is 0 Å². The number of hydrogen-bond acceptors (Lipinski definition) is 3. The van der Waals surface area contributed by atoms with E-state index < -0.39 is 4.92 Å². The molecule has 134 valence electrons. The Morgan fingerprint density at radius 3 is 2.33 bits per heavy atom. The molecule has 1 aromatic heterocycles. The molecular weight excluding hydrogens is 406 g/mol. The van der Waals surface area contributed by atoms with Gasteiger partial charge in [-0.3, -0.25) is 10.1 Å². The van der Waals surface area contributed by atoms with Gasteiger partial charge < -0.3 is 4.57 Å². The second-order valence-electron chi connectivity index (χ2n) is 6.11. The maximum atomic E-state index is 10.9. The lowest BCUT2D eigenvalue weighted by molar-refractivity contribution is -0.384. The highest BCUT2D eigenvalue weighted by Gasteiger charge is 2.12. The summed E-state index contributed by atoms with van der Waals surface area (Å²) in [7, 11) is 0. The summed E-state index contributed by atoms with van der Waals surface area (Å²) in [5.41, 5.74) is 5.21. The van der Waals surface area contributed by atoms with Gasteiger partial charge in [-0.2, -0.15) is 5.26 Å². The van der Waals surface area contributed by atoms with Crippen molar-refractivity contribution < 1.29 is 4.92 Å². The Bertz CT molecular complexity index is 1070. The van der Waals surface area contributed by atoms with Gasteiger partial charge in [0.15, 0.2) is 0 Å². The van der Waals surface area contributed by atoms with E-state index in [2.05, 4.69) is 22.0 Å². The van der Waals surface area contributed by atoms with Crippen LogP contribution in [0, 0.1) is 35.3 Å². The van der Waals surface area contributed by atoms with E-state index in [1.54, 1.807) is 12.1 Å². The summed E-state index contributed by atoms with van der Waals surface area (Å²) in [4.78, 5) is 10.4. The van der Waals surface area contributed by atoms with Crippen molar-refractivity contribution in [3.05, 3.63) is 91.7 Å². The second-order valence-corrected chi connectivity index (χ2v) is 7.03. The minimum Gasteiger partial charge on any atom is -0.318 e. The summed E-state index contributed by atoms with van der Waals surface area (Å²) >= 11 is 3.40. The van der Waals surface area contributed by atoms with Crippen LogP contribution in [0.4, 0.5) is 5.69 Å². The zero-order chi connectivity index (χ0) is 19.6. The van der Waals surface area contributed by atoms with Crippen molar-refractivity contribution in [3.8, 4) is 11.8 Å². The van der Waals surface area contributed by atoms with Gasteiger partial charge in [0.1, 0.15) is 0 Å². The number of nitro benzene ring substituents is 1. The lowest BCUT2D eigenvalue weighted by Crippen LogP contribution is -1.99. The molecule has 0 radical (unpaired) electrons. The van der Waals surface area contributed by atoms with Gasteiger partial charge in [0.25, 0.3) is 5.69 Å². The highest BCUT2D eigenvalue weighted by atomic mass is 79.9. The van der Waals surface area contributed by atoms with Crippen molar-refractivity contribution in [2.24, 2.45) is 0 Å². The summed E-state index contributed by atoms with van der Waals surface area (Å²) < 4.78 is 2.98. The molecule has 0 N–H and O–H groups in total. The molecule has 0 aliphatic carbocycles. The standard InChI is InChI=1S/C21H16BrN3O2/c1-14-11-17(12-18(13-23)16-3-5-19(22)6-4-16)15(2)24(14)20-7-9-21(10-8-20)25(26)27/h3-12H,1-2H3/b18-12+. The lowest BCUT2D eigenvalue weighted by atomic mass is 10.0. The molecule has 5 nitrogen and oxygen atoms in total. The third-order valence-corrected chi connectivity index (χ3v) is 4.89. The summed E-state index contributed by atoms with van der Waals surface area (Å²) in [5.74, 6) is 0. The van der Waals surface area contributed by atoms with Crippen LogP contribution in [0.15, 0.2) is 59.1 Å². The normalized spacial score (nSPS) is 11.3. The van der Waals surface area contributed by atoms with Crippen LogP contribution >= 0.6 is 15.9 Å². The molecule has 0 atom stereocenters. The van der Waals surface area contributed by atoms with E-state index in [1.165, 1.54) is 12.1 Å². The first-order valence-electron chi connectivity index (χ1n) is 8.22. The van der Waals surface area contributed by atoms with Crippen LogP contribution in [-0.4, -0.2) is 9.49 Å². The van der Waals surface area contributed by atoms with E-state index in [0.29, 0.717) is 5.57 Å². The fourth-order valence-electron chi connectivity index (χ4n) is 3.02. The highest BCUT2D eigenvalue weighted by Crippen LogP contribution is 2.26. The first-order valence-corrected chi connectivity index (χ1v) is 9.01. The molecule has 0 fully saturated rings. The number of aromatic nitrogens is 1. The molecule has 0 unspecified atom stereocenters. The topological polar surface area (TPSA) is 71.9 Å². The van der Waals surface area contributed by atoms with Gasteiger partial charge in [0.05, 0.1) is 16.6 Å². The van der Waals surface area contributed by atoms with Crippen molar-refractivity contribution in [2.75, 3.05) is 0 Å². The Morgan fingerprint density at radius 2 is 1.78 bits per heavy atom. The molecule has 0 bridgehead atoms. The average molecular weight is 422 g/mol. The molecular formula is C21H16BrN3O2. The lowest BCUT2D eigenvalue weighted by Gasteiger charge is -2.09. The van der Waals surface area contributed by atoms with Gasteiger partial charge >= 0.3 is 0 Å². The predicted octanol–water partition coefficient (Wildman–Crippen LogP) is 5.83. The number of benzene rings is 2. The molecule has 2 aromatic carbocycles. The third kappa shape index (κ3) is 3.83. The zero-order valence-electron chi connectivity index (χ0n) is 14.8. The van der Waals surface area contributed by atoms with Crippen molar-refractivity contribution in [2.45, 2.75) is 13.8 Å². The average Bonchev–Trinajstić information content (AvgIpc) is 2.94. The number of rotatable bonds is 4. The van der Waals surface area contributed by atoms with Crippen molar-refractivity contribution in [1.29, 1.82) is 5.26 Å². The fourth-order valence-corrected chi connectivity index (χ4v) is 3.28. The number of nitro groups is 1. The Labute approximate surface area is 165 Å². The van der Waals surface area contributed by atoms with Gasteiger partial charge in [-0.15, -0.1) is 0 Å². The Morgan fingerprint density at radius 1 is 1.15 bits per heavy atom. The minimum atomic E-state index is -0.412. The molecule has 0 amide bonds. The third-order valence-electron chi connectivity index (χ3n) is 4.36. The van der Waals surface area contributed by atoms with E-state index in [1.807, 2.05) is 54.8 Å². The second kappa shape index (κ2) is 7.60. The minimum absolute atomic E-state index is 0.0586. The van der Waals surface area contributed by atoms with Crippen LogP contribution in [-0.2, 0) is 0 Å². The maximum Gasteiger partial charge on any atom is 0.269 e. The molecule has 27 heavy (non-hydrogen) atoms. The quantitative estimate of drug-likeness (QED) is 0.302. The molecule has 0 saturated carbocycles. The number of non-ortho nitro benzene ring substituents is 1. The Balaban J connectivity index is 2.03.